The summed E-state index contributed by atoms with van der Waals surface area (Å²) in [7, 11) is 0. The van der Waals surface area contributed by atoms with Gasteiger partial charge in [0, 0.05) is 22.5 Å². The number of hydrogen-bond acceptors (Lipinski definition) is 3. The summed E-state index contributed by atoms with van der Waals surface area (Å²) < 4.78 is 39.9. The number of carbonyl (C=O) groups excluding carboxylic acids is 1. The van der Waals surface area contributed by atoms with Gasteiger partial charge >= 0.3 is 0 Å². The normalized spacial score (nSPS) is 12.2. The van der Waals surface area contributed by atoms with Gasteiger partial charge in [-0.05, 0) is 31.2 Å². The van der Waals surface area contributed by atoms with E-state index >= 15 is 0 Å². The molecule has 26 heavy (non-hydrogen) atoms. The SMILES string of the molecule is C[C@H](NC(=O)Cc1cc2cc(F)ccc2[nH]c1=O)c1ncc(F)cc1F. The van der Waals surface area contributed by atoms with Crippen molar-refractivity contribution >= 4 is 16.8 Å². The molecule has 0 bridgehead atoms. The van der Waals surface area contributed by atoms with Gasteiger partial charge in [0.25, 0.3) is 5.56 Å². The molecule has 1 amide bonds. The minimum Gasteiger partial charge on any atom is -0.348 e. The van der Waals surface area contributed by atoms with Gasteiger partial charge in [-0.1, -0.05) is 0 Å². The quantitative estimate of drug-likeness (QED) is 0.750. The molecule has 0 saturated heterocycles. The zero-order valence-electron chi connectivity index (χ0n) is 13.6. The molecule has 134 valence electrons. The lowest BCUT2D eigenvalue weighted by Crippen LogP contribution is -2.31. The minimum atomic E-state index is -0.878. The molecule has 2 heterocycles. The number of pyridine rings is 2. The van der Waals surface area contributed by atoms with Gasteiger partial charge in [0.1, 0.15) is 17.5 Å². The number of hydrogen-bond donors (Lipinski definition) is 2. The summed E-state index contributed by atoms with van der Waals surface area (Å²) in [4.78, 5) is 30.4. The van der Waals surface area contributed by atoms with Gasteiger partial charge < -0.3 is 10.3 Å². The number of benzene rings is 1. The van der Waals surface area contributed by atoms with E-state index in [0.717, 1.165) is 6.20 Å². The van der Waals surface area contributed by atoms with Gasteiger partial charge in [0.15, 0.2) is 0 Å². The Hall–Kier alpha value is -3.16. The summed E-state index contributed by atoms with van der Waals surface area (Å²) in [5.41, 5.74) is -0.000845. The molecule has 0 radical (unpaired) electrons. The molecule has 0 aliphatic carbocycles. The van der Waals surface area contributed by atoms with Crippen LogP contribution in [0, 0.1) is 17.5 Å². The van der Waals surface area contributed by atoms with E-state index in [9.17, 15) is 22.8 Å². The smallest absolute Gasteiger partial charge is 0.252 e. The van der Waals surface area contributed by atoms with Crippen LogP contribution in [0.3, 0.4) is 0 Å². The molecular weight excluding hydrogens is 347 g/mol. The van der Waals surface area contributed by atoms with Crippen molar-refractivity contribution in [3.63, 3.8) is 0 Å². The molecular formula is C18H14F3N3O2. The standard InChI is InChI=1S/C18H14F3N3O2/c1-9(17-14(21)7-13(20)8-22-17)23-16(25)6-11-4-10-5-12(19)2-3-15(10)24-18(11)26/h2-5,7-9H,6H2,1H3,(H,23,25)(H,24,26)/t9-/m0/s1. The first-order chi connectivity index (χ1) is 12.3. The number of aromatic amines is 1. The van der Waals surface area contributed by atoms with Crippen molar-refractivity contribution in [2.24, 2.45) is 0 Å². The summed E-state index contributed by atoms with van der Waals surface area (Å²) in [5, 5.41) is 2.95. The van der Waals surface area contributed by atoms with Crippen LogP contribution in [0.1, 0.15) is 24.2 Å². The predicted molar refractivity (Wildman–Crippen MR) is 88.9 cm³/mol. The van der Waals surface area contributed by atoms with Crippen LogP contribution >= 0.6 is 0 Å². The molecule has 0 fully saturated rings. The Labute approximate surface area is 145 Å². The zero-order valence-corrected chi connectivity index (χ0v) is 13.6. The fourth-order valence-electron chi connectivity index (χ4n) is 2.63. The Bertz CT molecular complexity index is 1050. The Morgan fingerprint density at radius 3 is 2.69 bits per heavy atom. The number of halogens is 3. The molecule has 2 aromatic heterocycles. The highest BCUT2D eigenvalue weighted by atomic mass is 19.1. The summed E-state index contributed by atoms with van der Waals surface area (Å²) >= 11 is 0. The van der Waals surface area contributed by atoms with Gasteiger partial charge in [-0.2, -0.15) is 0 Å². The summed E-state index contributed by atoms with van der Waals surface area (Å²) in [6, 6.07) is 5.18. The van der Waals surface area contributed by atoms with E-state index < -0.39 is 35.0 Å². The van der Waals surface area contributed by atoms with E-state index in [4.69, 9.17) is 0 Å². The molecule has 5 nitrogen and oxygen atoms in total. The molecule has 1 atom stereocenters. The van der Waals surface area contributed by atoms with Crippen LogP contribution in [0.4, 0.5) is 13.2 Å². The van der Waals surface area contributed by atoms with Gasteiger partial charge in [0.05, 0.1) is 24.4 Å². The average molecular weight is 361 g/mol. The first kappa shape index (κ1) is 17.7. The minimum absolute atomic E-state index is 0.116. The maximum absolute atomic E-state index is 13.7. The van der Waals surface area contributed by atoms with Crippen LogP contribution < -0.4 is 10.9 Å². The molecule has 0 aliphatic heterocycles. The Balaban J connectivity index is 1.78. The molecule has 3 rings (SSSR count). The van der Waals surface area contributed by atoms with Crippen molar-refractivity contribution in [1.82, 2.24) is 15.3 Å². The van der Waals surface area contributed by atoms with Crippen LogP contribution in [0.25, 0.3) is 10.9 Å². The zero-order chi connectivity index (χ0) is 18.8. The highest BCUT2D eigenvalue weighted by Gasteiger charge is 2.17. The lowest BCUT2D eigenvalue weighted by Gasteiger charge is -2.14. The first-order valence-corrected chi connectivity index (χ1v) is 7.75. The number of carbonyl (C=O) groups is 1. The monoisotopic (exact) mass is 361 g/mol. The van der Waals surface area contributed by atoms with Gasteiger partial charge in [-0.25, -0.2) is 13.2 Å². The fraction of sp³-hybridized carbons (Fsp3) is 0.167. The highest BCUT2D eigenvalue weighted by molar-refractivity contribution is 5.82. The van der Waals surface area contributed by atoms with Crippen LogP contribution in [0.15, 0.2) is 41.3 Å². The Kier molecular flexibility index (Phi) is 4.75. The molecule has 0 saturated carbocycles. The van der Waals surface area contributed by atoms with Crippen LogP contribution in [0.5, 0.6) is 0 Å². The maximum Gasteiger partial charge on any atom is 0.252 e. The van der Waals surface area contributed by atoms with E-state index in [-0.39, 0.29) is 17.7 Å². The molecule has 0 aliphatic rings. The summed E-state index contributed by atoms with van der Waals surface area (Å²) in [6.07, 6.45) is 0.568. The van der Waals surface area contributed by atoms with Crippen molar-refractivity contribution in [2.75, 3.05) is 0 Å². The maximum atomic E-state index is 13.7. The fourth-order valence-corrected chi connectivity index (χ4v) is 2.63. The Morgan fingerprint density at radius 2 is 1.96 bits per heavy atom. The third-order valence-corrected chi connectivity index (χ3v) is 3.86. The lowest BCUT2D eigenvalue weighted by atomic mass is 10.1. The van der Waals surface area contributed by atoms with E-state index in [0.29, 0.717) is 17.0 Å². The van der Waals surface area contributed by atoms with E-state index in [1.54, 1.807) is 0 Å². The van der Waals surface area contributed by atoms with E-state index in [2.05, 4.69) is 15.3 Å². The summed E-state index contributed by atoms with van der Waals surface area (Å²) in [5.74, 6) is -2.72. The molecule has 1 aromatic carbocycles. The number of amides is 1. The van der Waals surface area contributed by atoms with Gasteiger partial charge in [0.2, 0.25) is 5.91 Å². The van der Waals surface area contributed by atoms with Crippen molar-refractivity contribution in [1.29, 1.82) is 0 Å². The first-order valence-electron chi connectivity index (χ1n) is 7.75. The van der Waals surface area contributed by atoms with Crippen LogP contribution in [-0.4, -0.2) is 15.9 Å². The van der Waals surface area contributed by atoms with Gasteiger partial charge in [-0.15, -0.1) is 0 Å². The number of fused-ring (bicyclic) bond motifs is 1. The van der Waals surface area contributed by atoms with Crippen molar-refractivity contribution < 1.29 is 18.0 Å². The second-order valence-corrected chi connectivity index (χ2v) is 5.84. The topological polar surface area (TPSA) is 74.8 Å². The van der Waals surface area contributed by atoms with Crippen molar-refractivity contribution in [2.45, 2.75) is 19.4 Å². The molecule has 0 unspecified atom stereocenters. The average Bonchev–Trinajstić information content (AvgIpc) is 2.55. The third-order valence-electron chi connectivity index (χ3n) is 3.86. The number of nitrogens with one attached hydrogen (secondary N) is 2. The van der Waals surface area contributed by atoms with Crippen molar-refractivity contribution in [3.8, 4) is 0 Å². The predicted octanol–water partition coefficient (Wildman–Crippen LogP) is 2.76. The summed E-state index contributed by atoms with van der Waals surface area (Å²) in [6.45, 7) is 1.49. The second-order valence-electron chi connectivity index (χ2n) is 5.84. The van der Waals surface area contributed by atoms with E-state index in [1.807, 2.05) is 0 Å². The van der Waals surface area contributed by atoms with Gasteiger partial charge in [-0.3, -0.25) is 14.6 Å². The molecule has 3 aromatic rings. The Morgan fingerprint density at radius 1 is 1.19 bits per heavy atom. The largest absolute Gasteiger partial charge is 0.348 e. The molecule has 2 N–H and O–H groups in total. The van der Waals surface area contributed by atoms with Crippen LogP contribution in [0.2, 0.25) is 0 Å². The van der Waals surface area contributed by atoms with Crippen molar-refractivity contribution in [3.05, 3.63) is 75.6 Å². The second kappa shape index (κ2) is 6.99. The number of nitrogens with zero attached hydrogens (tertiary/aromatic N) is 1. The van der Waals surface area contributed by atoms with Crippen LogP contribution in [-0.2, 0) is 11.2 Å². The molecule has 0 spiro atoms. The number of rotatable bonds is 4. The lowest BCUT2D eigenvalue weighted by molar-refractivity contribution is -0.121. The third kappa shape index (κ3) is 3.74. The number of aromatic nitrogens is 2. The highest BCUT2D eigenvalue weighted by Crippen LogP contribution is 2.16. The van der Waals surface area contributed by atoms with E-state index in [1.165, 1.54) is 31.2 Å². The molecule has 8 heteroatoms. The number of H-pyrrole nitrogens is 1.